The zero-order valence-corrected chi connectivity index (χ0v) is 17.8. The lowest BCUT2D eigenvalue weighted by Gasteiger charge is -2.30. The van der Waals surface area contributed by atoms with Gasteiger partial charge in [-0.2, -0.15) is 0 Å². The third-order valence-corrected chi connectivity index (χ3v) is 5.48. The third-order valence-electron chi connectivity index (χ3n) is 5.48. The Bertz CT molecular complexity index is 1040. The molecule has 0 bridgehead atoms. The number of carbonyl (C=O) groups is 1. The van der Waals surface area contributed by atoms with Crippen LogP contribution in [-0.4, -0.2) is 57.5 Å². The molecule has 0 spiro atoms. The number of nitrogens with zero attached hydrogens (tertiary/aromatic N) is 5. The van der Waals surface area contributed by atoms with E-state index in [1.807, 2.05) is 31.3 Å². The number of hydrogen-bond donors (Lipinski definition) is 2. The van der Waals surface area contributed by atoms with E-state index >= 15 is 0 Å². The van der Waals surface area contributed by atoms with Gasteiger partial charge in [-0.15, -0.1) is 10.2 Å². The van der Waals surface area contributed by atoms with Crippen LogP contribution in [0.2, 0.25) is 0 Å². The molecule has 4 rings (SSSR count). The van der Waals surface area contributed by atoms with Gasteiger partial charge in [0.15, 0.2) is 11.5 Å². The van der Waals surface area contributed by atoms with Crippen molar-refractivity contribution in [1.82, 2.24) is 30.4 Å². The molecule has 0 aliphatic carbocycles. The van der Waals surface area contributed by atoms with E-state index in [1.165, 1.54) is 5.56 Å². The number of ketones is 1. The van der Waals surface area contributed by atoms with Crippen molar-refractivity contribution in [3.05, 3.63) is 41.7 Å². The lowest BCUT2D eigenvalue weighted by Crippen LogP contribution is -2.36. The van der Waals surface area contributed by atoms with Gasteiger partial charge in [0.1, 0.15) is 5.78 Å². The number of aromatic nitrogens is 4. The van der Waals surface area contributed by atoms with E-state index < -0.39 is 0 Å². The number of likely N-dealkylation sites (tertiary alicyclic amines) is 1. The predicted octanol–water partition coefficient (Wildman–Crippen LogP) is 2.26. The SMILES string of the molecule is CNCc1ccc(-c2nnc(-c3nc(C4CCN(CC(C)=O)CC4)cnc3N)o2)cc1. The fourth-order valence-electron chi connectivity index (χ4n) is 3.87. The van der Waals surface area contributed by atoms with E-state index in [2.05, 4.69) is 25.4 Å². The Kier molecular flexibility index (Phi) is 6.34. The molecule has 0 amide bonds. The number of carbonyl (C=O) groups excluding carboxylic acids is 1. The van der Waals surface area contributed by atoms with Crippen molar-refractivity contribution in [2.75, 3.05) is 32.4 Å². The highest BCUT2D eigenvalue weighted by molar-refractivity contribution is 5.77. The molecule has 3 aromatic rings. The Morgan fingerprint density at radius 3 is 2.58 bits per heavy atom. The summed E-state index contributed by atoms with van der Waals surface area (Å²) in [5.74, 6) is 1.39. The van der Waals surface area contributed by atoms with Gasteiger partial charge in [-0.05, 0) is 57.6 Å². The molecule has 0 atom stereocenters. The van der Waals surface area contributed by atoms with Crippen molar-refractivity contribution < 1.29 is 9.21 Å². The minimum Gasteiger partial charge on any atom is -0.414 e. The second kappa shape index (κ2) is 9.32. The number of benzene rings is 1. The number of piperidine rings is 1. The number of nitrogens with one attached hydrogen (secondary N) is 1. The molecule has 0 saturated carbocycles. The Morgan fingerprint density at radius 1 is 1.19 bits per heavy atom. The molecule has 1 aromatic carbocycles. The summed E-state index contributed by atoms with van der Waals surface area (Å²) in [6, 6.07) is 7.93. The maximum Gasteiger partial charge on any atom is 0.270 e. The number of nitrogens with two attached hydrogens (primary N) is 1. The molecule has 31 heavy (non-hydrogen) atoms. The van der Waals surface area contributed by atoms with Gasteiger partial charge < -0.3 is 15.5 Å². The van der Waals surface area contributed by atoms with Crippen LogP contribution in [0, 0.1) is 0 Å². The summed E-state index contributed by atoms with van der Waals surface area (Å²) in [5, 5.41) is 11.4. The molecule has 9 heteroatoms. The molecule has 1 saturated heterocycles. The van der Waals surface area contributed by atoms with Crippen LogP contribution in [0.15, 0.2) is 34.9 Å². The Labute approximate surface area is 181 Å². The van der Waals surface area contributed by atoms with E-state index in [0.29, 0.717) is 18.1 Å². The first-order valence-corrected chi connectivity index (χ1v) is 10.5. The zero-order chi connectivity index (χ0) is 21.8. The monoisotopic (exact) mass is 421 g/mol. The van der Waals surface area contributed by atoms with Crippen LogP contribution >= 0.6 is 0 Å². The van der Waals surface area contributed by atoms with E-state index in [9.17, 15) is 4.79 Å². The topological polar surface area (TPSA) is 123 Å². The second-order valence-electron chi connectivity index (χ2n) is 7.92. The first-order chi connectivity index (χ1) is 15.0. The van der Waals surface area contributed by atoms with Crippen molar-refractivity contribution in [2.45, 2.75) is 32.2 Å². The maximum absolute atomic E-state index is 11.3. The average molecular weight is 422 g/mol. The van der Waals surface area contributed by atoms with Gasteiger partial charge in [-0.25, -0.2) is 9.97 Å². The summed E-state index contributed by atoms with van der Waals surface area (Å²) in [6.45, 7) is 4.65. The smallest absolute Gasteiger partial charge is 0.270 e. The molecule has 1 aliphatic rings. The van der Waals surface area contributed by atoms with Crippen LogP contribution < -0.4 is 11.1 Å². The van der Waals surface area contributed by atoms with Gasteiger partial charge >= 0.3 is 0 Å². The zero-order valence-electron chi connectivity index (χ0n) is 17.8. The molecule has 3 heterocycles. The van der Waals surface area contributed by atoms with Gasteiger partial charge in [-0.1, -0.05) is 12.1 Å². The fraction of sp³-hybridized carbons (Fsp3) is 0.409. The first-order valence-electron chi connectivity index (χ1n) is 10.5. The molecule has 1 aliphatic heterocycles. The summed E-state index contributed by atoms with van der Waals surface area (Å²) >= 11 is 0. The van der Waals surface area contributed by atoms with Crippen molar-refractivity contribution in [2.24, 2.45) is 0 Å². The highest BCUT2D eigenvalue weighted by atomic mass is 16.4. The highest BCUT2D eigenvalue weighted by Gasteiger charge is 2.24. The minimum absolute atomic E-state index is 0.192. The lowest BCUT2D eigenvalue weighted by molar-refractivity contribution is -0.118. The molecular formula is C22H27N7O2. The van der Waals surface area contributed by atoms with Gasteiger partial charge in [-0.3, -0.25) is 9.69 Å². The molecule has 0 radical (unpaired) electrons. The van der Waals surface area contributed by atoms with Gasteiger partial charge in [0, 0.05) is 18.0 Å². The molecule has 2 aromatic heterocycles. The minimum atomic E-state index is 0.192. The van der Waals surface area contributed by atoms with Crippen LogP contribution in [-0.2, 0) is 11.3 Å². The number of Topliss-reactive ketones (excluding diaryl/α,β-unsaturated/α-hetero) is 1. The molecule has 162 valence electrons. The van der Waals surface area contributed by atoms with Crippen LogP contribution in [0.3, 0.4) is 0 Å². The number of hydrogen-bond acceptors (Lipinski definition) is 9. The van der Waals surface area contributed by atoms with Gasteiger partial charge in [0.2, 0.25) is 5.89 Å². The lowest BCUT2D eigenvalue weighted by atomic mass is 9.93. The number of rotatable bonds is 7. The first kappa shape index (κ1) is 21.1. The Morgan fingerprint density at radius 2 is 1.90 bits per heavy atom. The van der Waals surface area contributed by atoms with Gasteiger partial charge in [0.25, 0.3) is 5.89 Å². The van der Waals surface area contributed by atoms with E-state index in [-0.39, 0.29) is 23.4 Å². The Balaban J connectivity index is 1.51. The van der Waals surface area contributed by atoms with Crippen molar-refractivity contribution in [1.29, 1.82) is 0 Å². The average Bonchev–Trinajstić information content (AvgIpc) is 3.25. The molecule has 3 N–H and O–H groups in total. The summed E-state index contributed by atoms with van der Waals surface area (Å²) in [5.41, 5.74) is 9.35. The molecule has 9 nitrogen and oxygen atoms in total. The fourth-order valence-corrected chi connectivity index (χ4v) is 3.87. The Hall–Kier alpha value is -3.17. The molecular weight excluding hydrogens is 394 g/mol. The largest absolute Gasteiger partial charge is 0.414 e. The van der Waals surface area contributed by atoms with Crippen molar-refractivity contribution in [3.8, 4) is 23.0 Å². The summed E-state index contributed by atoms with van der Waals surface area (Å²) in [7, 11) is 1.91. The standard InChI is InChI=1S/C22H27N7O2/c1-14(30)13-29-9-7-16(8-10-29)18-12-25-20(23)19(26-18)22-28-27-21(31-22)17-5-3-15(4-6-17)11-24-2/h3-6,12,16,24H,7-11,13H2,1-2H3,(H2,23,25). The number of nitrogen functional groups attached to an aromatic ring is 1. The maximum atomic E-state index is 11.3. The predicted molar refractivity (Wildman–Crippen MR) is 117 cm³/mol. The second-order valence-corrected chi connectivity index (χ2v) is 7.92. The molecule has 1 fully saturated rings. The van der Waals surface area contributed by atoms with Crippen LogP contribution in [0.25, 0.3) is 23.0 Å². The number of anilines is 1. The summed E-state index contributed by atoms with van der Waals surface area (Å²) < 4.78 is 5.87. The third kappa shape index (κ3) is 4.95. The van der Waals surface area contributed by atoms with E-state index in [1.54, 1.807) is 13.1 Å². The normalized spacial score (nSPS) is 15.3. The summed E-state index contributed by atoms with van der Waals surface area (Å²) in [6.07, 6.45) is 3.56. The quantitative estimate of drug-likeness (QED) is 0.591. The van der Waals surface area contributed by atoms with Gasteiger partial charge in [0.05, 0.1) is 18.4 Å². The highest BCUT2D eigenvalue weighted by Crippen LogP contribution is 2.30. The molecule has 0 unspecified atom stereocenters. The van der Waals surface area contributed by atoms with Crippen LogP contribution in [0.1, 0.15) is 36.9 Å². The van der Waals surface area contributed by atoms with Crippen LogP contribution in [0.4, 0.5) is 5.82 Å². The van der Waals surface area contributed by atoms with E-state index in [4.69, 9.17) is 15.1 Å². The summed E-state index contributed by atoms with van der Waals surface area (Å²) in [4.78, 5) is 22.6. The van der Waals surface area contributed by atoms with Crippen molar-refractivity contribution >= 4 is 11.6 Å². The van der Waals surface area contributed by atoms with Crippen LogP contribution in [0.5, 0.6) is 0 Å². The van der Waals surface area contributed by atoms with Crippen molar-refractivity contribution in [3.63, 3.8) is 0 Å². The van der Waals surface area contributed by atoms with E-state index in [0.717, 1.165) is 43.7 Å².